The molecular formula is C17H26FN. The Kier molecular flexibility index (Phi) is 3.74. The van der Waals surface area contributed by atoms with E-state index in [1.54, 1.807) is 12.1 Å². The first kappa shape index (κ1) is 14.5. The van der Waals surface area contributed by atoms with E-state index < -0.39 is 0 Å². The summed E-state index contributed by atoms with van der Waals surface area (Å²) in [6.45, 7) is 12.5. The van der Waals surface area contributed by atoms with E-state index in [4.69, 9.17) is 0 Å². The van der Waals surface area contributed by atoms with Crippen LogP contribution >= 0.6 is 0 Å². The zero-order valence-corrected chi connectivity index (χ0v) is 12.8. The summed E-state index contributed by atoms with van der Waals surface area (Å²) < 4.78 is 13.3. The van der Waals surface area contributed by atoms with Gasteiger partial charge in [-0.2, -0.15) is 0 Å². The van der Waals surface area contributed by atoms with Gasteiger partial charge in [0, 0.05) is 6.04 Å². The van der Waals surface area contributed by atoms with Gasteiger partial charge in [-0.25, -0.2) is 4.39 Å². The average molecular weight is 263 g/mol. The highest BCUT2D eigenvalue weighted by Crippen LogP contribution is 2.68. The van der Waals surface area contributed by atoms with Gasteiger partial charge in [0.05, 0.1) is 0 Å². The fraction of sp³-hybridized carbons (Fsp3) is 0.647. The van der Waals surface area contributed by atoms with Crippen LogP contribution < -0.4 is 5.32 Å². The zero-order valence-electron chi connectivity index (χ0n) is 12.8. The van der Waals surface area contributed by atoms with E-state index in [9.17, 15) is 4.39 Å². The molecule has 2 rings (SSSR count). The highest BCUT2D eigenvalue weighted by atomic mass is 19.1. The standard InChI is InChI=1S/C17H26FN/c1-6-14(12-8-7-9-13(18)10-12)19-11-15-16(2,3)17(15,4)5/h7-10,14-15,19H,6,11H2,1-5H3. The monoisotopic (exact) mass is 263 g/mol. The first-order valence-corrected chi connectivity index (χ1v) is 7.29. The number of nitrogens with one attached hydrogen (secondary N) is 1. The molecule has 0 heterocycles. The molecular weight excluding hydrogens is 237 g/mol. The molecule has 1 N–H and O–H groups in total. The van der Waals surface area contributed by atoms with Gasteiger partial charge in [-0.05, 0) is 47.4 Å². The predicted octanol–water partition coefficient (Wildman–Crippen LogP) is 4.55. The van der Waals surface area contributed by atoms with Crippen LogP contribution in [0.1, 0.15) is 52.6 Å². The highest BCUT2D eigenvalue weighted by molar-refractivity contribution is 5.20. The van der Waals surface area contributed by atoms with Crippen LogP contribution in [0.15, 0.2) is 24.3 Å². The predicted molar refractivity (Wildman–Crippen MR) is 78.5 cm³/mol. The summed E-state index contributed by atoms with van der Waals surface area (Å²) in [7, 11) is 0. The maximum atomic E-state index is 13.3. The third-order valence-corrected chi connectivity index (χ3v) is 5.55. The molecule has 0 radical (unpaired) electrons. The number of halogens is 1. The molecule has 0 spiro atoms. The summed E-state index contributed by atoms with van der Waals surface area (Å²) >= 11 is 0. The second-order valence-electron chi connectivity index (χ2n) is 6.92. The molecule has 1 fully saturated rings. The Bertz CT molecular complexity index is 436. The van der Waals surface area contributed by atoms with Crippen LogP contribution in [0, 0.1) is 22.6 Å². The first-order valence-electron chi connectivity index (χ1n) is 7.29. The molecule has 0 saturated heterocycles. The average Bonchev–Trinajstić information content (AvgIpc) is 2.72. The lowest BCUT2D eigenvalue weighted by atomic mass is 10.0. The summed E-state index contributed by atoms with van der Waals surface area (Å²) in [5, 5.41) is 3.62. The van der Waals surface area contributed by atoms with Gasteiger partial charge in [-0.1, -0.05) is 46.8 Å². The zero-order chi connectivity index (χ0) is 14.3. The van der Waals surface area contributed by atoms with Gasteiger partial charge in [-0.3, -0.25) is 0 Å². The van der Waals surface area contributed by atoms with Crippen molar-refractivity contribution in [2.45, 2.75) is 47.1 Å². The molecule has 1 aromatic rings. The molecule has 1 aliphatic carbocycles. The van der Waals surface area contributed by atoms with Gasteiger partial charge in [0.1, 0.15) is 5.82 Å². The van der Waals surface area contributed by atoms with Crippen LogP contribution in [0.25, 0.3) is 0 Å². The van der Waals surface area contributed by atoms with E-state index in [1.165, 1.54) is 6.07 Å². The number of hydrogen-bond acceptors (Lipinski definition) is 1. The molecule has 1 saturated carbocycles. The van der Waals surface area contributed by atoms with Crippen LogP contribution in [-0.2, 0) is 0 Å². The molecule has 1 aromatic carbocycles. The van der Waals surface area contributed by atoms with Crippen LogP contribution in [0.3, 0.4) is 0 Å². The van der Waals surface area contributed by atoms with Crippen molar-refractivity contribution in [1.82, 2.24) is 5.32 Å². The largest absolute Gasteiger partial charge is 0.310 e. The Hall–Kier alpha value is -0.890. The second kappa shape index (κ2) is 4.90. The van der Waals surface area contributed by atoms with Gasteiger partial charge in [0.25, 0.3) is 0 Å². The van der Waals surface area contributed by atoms with Crippen molar-refractivity contribution in [2.24, 2.45) is 16.7 Å². The third kappa shape index (κ3) is 2.55. The molecule has 0 bridgehead atoms. The van der Waals surface area contributed by atoms with Gasteiger partial charge in [-0.15, -0.1) is 0 Å². The second-order valence-corrected chi connectivity index (χ2v) is 6.92. The molecule has 0 amide bonds. The van der Waals surface area contributed by atoms with E-state index in [-0.39, 0.29) is 11.9 Å². The molecule has 106 valence electrons. The molecule has 0 aliphatic heterocycles. The highest BCUT2D eigenvalue weighted by Gasteiger charge is 2.63. The van der Waals surface area contributed by atoms with Crippen molar-refractivity contribution in [1.29, 1.82) is 0 Å². The van der Waals surface area contributed by atoms with E-state index in [2.05, 4.69) is 39.9 Å². The van der Waals surface area contributed by atoms with Crippen LogP contribution in [-0.4, -0.2) is 6.54 Å². The lowest BCUT2D eigenvalue weighted by Gasteiger charge is -2.18. The normalized spacial score (nSPS) is 22.2. The van der Waals surface area contributed by atoms with E-state index >= 15 is 0 Å². The molecule has 1 aliphatic rings. The fourth-order valence-corrected chi connectivity index (χ4v) is 3.32. The number of rotatable bonds is 5. The summed E-state index contributed by atoms with van der Waals surface area (Å²) in [6.07, 6.45) is 0.983. The van der Waals surface area contributed by atoms with Crippen molar-refractivity contribution in [3.63, 3.8) is 0 Å². The van der Waals surface area contributed by atoms with Crippen LogP contribution in [0.4, 0.5) is 4.39 Å². The van der Waals surface area contributed by atoms with Gasteiger partial charge >= 0.3 is 0 Å². The Labute approximate surface area is 116 Å². The van der Waals surface area contributed by atoms with E-state index in [0.29, 0.717) is 16.7 Å². The van der Waals surface area contributed by atoms with Gasteiger partial charge < -0.3 is 5.32 Å². The Balaban J connectivity index is 1.98. The summed E-state index contributed by atoms with van der Waals surface area (Å²) in [6, 6.07) is 7.20. The molecule has 1 atom stereocenters. The topological polar surface area (TPSA) is 12.0 Å². The Morgan fingerprint density at radius 3 is 2.32 bits per heavy atom. The van der Waals surface area contributed by atoms with Crippen molar-refractivity contribution in [3.05, 3.63) is 35.6 Å². The molecule has 2 heteroatoms. The maximum absolute atomic E-state index is 13.3. The number of benzene rings is 1. The lowest BCUT2D eigenvalue weighted by Crippen LogP contribution is -2.24. The van der Waals surface area contributed by atoms with Crippen molar-refractivity contribution in [2.75, 3.05) is 6.54 Å². The quantitative estimate of drug-likeness (QED) is 0.822. The van der Waals surface area contributed by atoms with Gasteiger partial charge in [0.15, 0.2) is 0 Å². The van der Waals surface area contributed by atoms with E-state index in [0.717, 1.165) is 18.5 Å². The first-order chi connectivity index (χ1) is 8.80. The van der Waals surface area contributed by atoms with Crippen molar-refractivity contribution < 1.29 is 4.39 Å². The molecule has 1 nitrogen and oxygen atoms in total. The maximum Gasteiger partial charge on any atom is 0.123 e. The van der Waals surface area contributed by atoms with Crippen molar-refractivity contribution >= 4 is 0 Å². The fourth-order valence-electron chi connectivity index (χ4n) is 3.32. The Morgan fingerprint density at radius 1 is 1.21 bits per heavy atom. The summed E-state index contributed by atoms with van der Waals surface area (Å²) in [4.78, 5) is 0. The SMILES string of the molecule is CCC(NCC1C(C)(C)C1(C)C)c1cccc(F)c1. The minimum Gasteiger partial charge on any atom is -0.310 e. The lowest BCUT2D eigenvalue weighted by molar-refractivity contribution is 0.457. The third-order valence-electron chi connectivity index (χ3n) is 5.55. The summed E-state index contributed by atoms with van der Waals surface area (Å²) in [5.74, 6) is 0.549. The molecule has 19 heavy (non-hydrogen) atoms. The minimum absolute atomic E-state index is 0.148. The van der Waals surface area contributed by atoms with Gasteiger partial charge in [0.2, 0.25) is 0 Å². The van der Waals surface area contributed by atoms with Crippen LogP contribution in [0.2, 0.25) is 0 Å². The van der Waals surface area contributed by atoms with Crippen LogP contribution in [0.5, 0.6) is 0 Å². The molecule has 1 unspecified atom stereocenters. The summed E-state index contributed by atoms with van der Waals surface area (Å²) in [5.41, 5.74) is 1.86. The smallest absolute Gasteiger partial charge is 0.123 e. The number of hydrogen-bond donors (Lipinski definition) is 1. The minimum atomic E-state index is -0.148. The van der Waals surface area contributed by atoms with Crippen molar-refractivity contribution in [3.8, 4) is 0 Å². The van der Waals surface area contributed by atoms with E-state index in [1.807, 2.05) is 6.07 Å². The molecule has 0 aromatic heterocycles. The Morgan fingerprint density at radius 2 is 1.84 bits per heavy atom.